The van der Waals surface area contributed by atoms with E-state index in [-0.39, 0.29) is 29.6 Å². The zero-order valence-corrected chi connectivity index (χ0v) is 20.4. The van der Waals surface area contributed by atoms with Crippen molar-refractivity contribution in [2.75, 3.05) is 6.61 Å². The lowest BCUT2D eigenvalue weighted by molar-refractivity contribution is -0.394. The molecule has 0 unspecified atom stereocenters. The summed E-state index contributed by atoms with van der Waals surface area (Å²) in [5.41, 5.74) is -1.30. The number of carbonyl (C=O) groups is 3. The highest BCUT2D eigenvalue weighted by Crippen LogP contribution is 2.27. The highest BCUT2D eigenvalue weighted by molar-refractivity contribution is 6.03. The highest BCUT2D eigenvalue weighted by atomic mass is 16.6. The number of nitrogens with zero attached hydrogens (tertiary/aromatic N) is 3. The van der Waals surface area contributed by atoms with Crippen molar-refractivity contribution < 1.29 is 33.7 Å². The van der Waals surface area contributed by atoms with Crippen LogP contribution in [0.4, 0.5) is 16.2 Å². The highest BCUT2D eigenvalue weighted by Gasteiger charge is 2.40. The van der Waals surface area contributed by atoms with Gasteiger partial charge in [0, 0.05) is 23.6 Å². The number of amides is 2. The van der Waals surface area contributed by atoms with Gasteiger partial charge in [-0.25, -0.2) is 14.5 Å². The number of hydrogen-bond acceptors (Lipinski definition) is 9. The minimum absolute atomic E-state index is 0.000948. The van der Waals surface area contributed by atoms with Crippen LogP contribution >= 0.6 is 0 Å². The van der Waals surface area contributed by atoms with E-state index in [9.17, 15) is 34.6 Å². The topological polar surface area (TPSA) is 159 Å². The summed E-state index contributed by atoms with van der Waals surface area (Å²) in [6, 6.07) is 2.18. The molecule has 1 aliphatic rings. The van der Waals surface area contributed by atoms with Crippen molar-refractivity contribution in [3.63, 3.8) is 0 Å². The molecule has 1 fully saturated rings. The Morgan fingerprint density at radius 1 is 1.09 bits per heavy atom. The van der Waals surface area contributed by atoms with Gasteiger partial charge < -0.3 is 9.47 Å². The number of imide groups is 1. The second-order valence-electron chi connectivity index (χ2n) is 9.14. The number of hydrogen-bond donors (Lipinski definition) is 0. The lowest BCUT2D eigenvalue weighted by atomic mass is 9.92. The molecule has 0 N–H and O–H groups in total. The molecule has 2 rings (SSSR count). The molecule has 0 aliphatic carbocycles. The maximum Gasteiger partial charge on any atom is 0.417 e. The first kappa shape index (κ1) is 27.4. The van der Waals surface area contributed by atoms with Crippen LogP contribution in [0.5, 0.6) is 0 Å². The molecule has 0 radical (unpaired) electrons. The molecule has 0 bridgehead atoms. The van der Waals surface area contributed by atoms with Crippen molar-refractivity contribution >= 4 is 29.3 Å². The van der Waals surface area contributed by atoms with Crippen LogP contribution in [0.3, 0.4) is 0 Å². The Morgan fingerprint density at radius 3 is 2.09 bits per heavy atom. The average molecular weight is 491 g/mol. The normalized spacial score (nSPS) is 17.8. The van der Waals surface area contributed by atoms with Crippen molar-refractivity contribution in [1.29, 1.82) is 0 Å². The van der Waals surface area contributed by atoms with Crippen molar-refractivity contribution in [2.45, 2.75) is 53.7 Å². The van der Waals surface area contributed by atoms with E-state index >= 15 is 0 Å². The van der Waals surface area contributed by atoms with Gasteiger partial charge in [0.1, 0.15) is 12.7 Å². The number of rotatable bonds is 9. The van der Waals surface area contributed by atoms with Gasteiger partial charge in [0.2, 0.25) is 0 Å². The fourth-order valence-corrected chi connectivity index (χ4v) is 3.88. The lowest BCUT2D eigenvalue weighted by Gasteiger charge is -2.27. The Hall–Kier alpha value is -3.83. The van der Waals surface area contributed by atoms with Crippen LogP contribution < -0.4 is 0 Å². The fourth-order valence-electron chi connectivity index (χ4n) is 3.88. The zero-order valence-electron chi connectivity index (χ0n) is 20.4. The molecule has 35 heavy (non-hydrogen) atoms. The molecule has 2 amide bonds. The minimum atomic E-state index is -0.970. The number of cyclic esters (lactones) is 1. The monoisotopic (exact) mass is 491 g/mol. The Bertz CT molecular complexity index is 1030. The number of benzene rings is 1. The zero-order chi connectivity index (χ0) is 26.6. The van der Waals surface area contributed by atoms with Crippen molar-refractivity contribution in [2.24, 2.45) is 17.8 Å². The van der Waals surface area contributed by atoms with Crippen LogP contribution in [-0.2, 0) is 14.3 Å². The molecule has 1 heterocycles. The molecule has 1 aromatic carbocycles. The number of ether oxygens (including phenoxy) is 2. The van der Waals surface area contributed by atoms with Crippen molar-refractivity contribution in [3.8, 4) is 0 Å². The first-order valence-electron chi connectivity index (χ1n) is 11.1. The summed E-state index contributed by atoms with van der Waals surface area (Å²) < 4.78 is 10.6. The molecular formula is C23H29N3O9. The maximum atomic E-state index is 13.0. The van der Waals surface area contributed by atoms with Crippen LogP contribution in [0.1, 0.15) is 51.9 Å². The molecule has 0 saturated carbocycles. The van der Waals surface area contributed by atoms with E-state index in [0.29, 0.717) is 0 Å². The maximum absolute atomic E-state index is 13.0. The summed E-state index contributed by atoms with van der Waals surface area (Å²) in [6.07, 6.45) is 0.0994. The summed E-state index contributed by atoms with van der Waals surface area (Å²) in [7, 11) is 0. The van der Waals surface area contributed by atoms with Crippen molar-refractivity contribution in [3.05, 3.63) is 55.6 Å². The van der Waals surface area contributed by atoms with Crippen LogP contribution in [-0.4, -0.2) is 51.5 Å². The van der Waals surface area contributed by atoms with Gasteiger partial charge in [0.15, 0.2) is 0 Å². The summed E-state index contributed by atoms with van der Waals surface area (Å²) in [5, 5.41) is 22.3. The van der Waals surface area contributed by atoms with Crippen LogP contribution in [0, 0.1) is 38.0 Å². The third-order valence-corrected chi connectivity index (χ3v) is 5.72. The van der Waals surface area contributed by atoms with E-state index in [1.165, 1.54) is 0 Å². The smallest absolute Gasteiger partial charge is 0.417 e. The van der Waals surface area contributed by atoms with E-state index in [2.05, 4.69) is 0 Å². The predicted molar refractivity (Wildman–Crippen MR) is 124 cm³/mol. The van der Waals surface area contributed by atoms with E-state index in [1.807, 2.05) is 13.8 Å². The molecule has 1 aliphatic heterocycles. The number of non-ortho nitro benzene ring substituents is 2. The summed E-state index contributed by atoms with van der Waals surface area (Å²) in [4.78, 5) is 59.5. The lowest BCUT2D eigenvalue weighted by Crippen LogP contribution is -2.42. The standard InChI is InChI=1S/C23H29N3O9/c1-12(2)19-11-34-23(29)24(19)21(27)15(6)7-14(5)20(13(3)4)35-22(28)16-8-17(25(30)31)10-18(9-16)26(32)33/h7-10,12-14,19-20H,11H2,1-6H3/b15-7+/t14-,19+,20-/m0/s1. The Kier molecular flexibility index (Phi) is 8.67. The first-order chi connectivity index (χ1) is 16.2. The van der Waals surface area contributed by atoms with Gasteiger partial charge >= 0.3 is 12.1 Å². The van der Waals surface area contributed by atoms with E-state index in [1.54, 1.807) is 33.8 Å². The third-order valence-electron chi connectivity index (χ3n) is 5.72. The van der Waals surface area contributed by atoms with E-state index < -0.39 is 57.3 Å². The molecular weight excluding hydrogens is 462 g/mol. The number of nitro benzene ring substituents is 2. The molecule has 3 atom stereocenters. The molecule has 12 nitrogen and oxygen atoms in total. The van der Waals surface area contributed by atoms with Crippen LogP contribution in [0.25, 0.3) is 0 Å². The van der Waals surface area contributed by atoms with E-state index in [4.69, 9.17) is 9.47 Å². The Balaban J connectivity index is 2.28. The number of esters is 1. The number of carbonyl (C=O) groups excluding carboxylic acids is 3. The second kappa shape index (κ2) is 11.1. The molecule has 190 valence electrons. The van der Waals surface area contributed by atoms with Gasteiger partial charge in [-0.1, -0.05) is 40.7 Å². The first-order valence-corrected chi connectivity index (χ1v) is 11.1. The van der Waals surface area contributed by atoms with Crippen molar-refractivity contribution in [1.82, 2.24) is 4.90 Å². The van der Waals surface area contributed by atoms with E-state index in [0.717, 1.165) is 23.1 Å². The molecule has 0 spiro atoms. The summed E-state index contributed by atoms with van der Waals surface area (Å²) >= 11 is 0. The third kappa shape index (κ3) is 6.40. The fraction of sp³-hybridized carbons (Fsp3) is 0.522. The molecule has 1 saturated heterocycles. The van der Waals surface area contributed by atoms with Gasteiger partial charge in [0.05, 0.1) is 27.5 Å². The summed E-state index contributed by atoms with van der Waals surface area (Å²) in [5.74, 6) is -2.21. The van der Waals surface area contributed by atoms with Crippen LogP contribution in [0.2, 0.25) is 0 Å². The Labute approximate surface area is 202 Å². The number of nitro groups is 2. The molecule has 1 aromatic rings. The van der Waals surface area contributed by atoms with Gasteiger partial charge in [-0.3, -0.25) is 25.0 Å². The van der Waals surface area contributed by atoms with Crippen LogP contribution in [0.15, 0.2) is 29.8 Å². The van der Waals surface area contributed by atoms with Gasteiger partial charge in [-0.05, 0) is 18.8 Å². The Morgan fingerprint density at radius 2 is 1.63 bits per heavy atom. The predicted octanol–water partition coefficient (Wildman–Crippen LogP) is 4.27. The quantitative estimate of drug-likeness (QED) is 0.213. The average Bonchev–Trinajstić information content (AvgIpc) is 3.17. The SMILES string of the molecule is C/C(=C\[C@H](C)[C@@H](OC(=O)c1cc([N+](=O)[O-])cc([N+](=O)[O-])c1)C(C)C)C(=O)N1C(=O)OC[C@@H]1C(C)C. The minimum Gasteiger partial charge on any atom is -0.458 e. The van der Waals surface area contributed by atoms with Gasteiger partial charge in [0.25, 0.3) is 17.3 Å². The largest absolute Gasteiger partial charge is 0.458 e. The molecule has 0 aromatic heterocycles. The second-order valence-corrected chi connectivity index (χ2v) is 9.14. The molecule has 12 heteroatoms. The van der Waals surface area contributed by atoms with Gasteiger partial charge in [-0.2, -0.15) is 0 Å². The summed E-state index contributed by atoms with van der Waals surface area (Å²) in [6.45, 7) is 10.7. The van der Waals surface area contributed by atoms with Gasteiger partial charge in [-0.15, -0.1) is 0 Å².